The van der Waals surface area contributed by atoms with Crippen LogP contribution in [0, 0.1) is 6.92 Å². The molecule has 2 aromatic rings. The summed E-state index contributed by atoms with van der Waals surface area (Å²) in [7, 11) is 0. The molecule has 2 N–H and O–H groups in total. The monoisotopic (exact) mass is 295 g/mol. The third kappa shape index (κ3) is 5.05. The Kier molecular flexibility index (Phi) is 5.72. The highest BCUT2D eigenvalue weighted by molar-refractivity contribution is 5.84. The van der Waals surface area contributed by atoms with Gasteiger partial charge in [0.1, 0.15) is 0 Å². The second-order valence-electron chi connectivity index (χ2n) is 5.11. The van der Waals surface area contributed by atoms with Crippen LogP contribution in [0.5, 0.6) is 0 Å². The molecule has 0 saturated heterocycles. The fourth-order valence-corrected chi connectivity index (χ4v) is 2.00. The number of rotatable bonds is 6. The van der Waals surface area contributed by atoms with E-state index >= 15 is 0 Å². The zero-order valence-corrected chi connectivity index (χ0v) is 13.0. The van der Waals surface area contributed by atoms with Crippen molar-refractivity contribution in [3.63, 3.8) is 0 Å². The van der Waals surface area contributed by atoms with Crippen molar-refractivity contribution in [1.82, 2.24) is 5.43 Å². The minimum atomic E-state index is -0.178. The molecule has 0 atom stereocenters. The van der Waals surface area contributed by atoms with Gasteiger partial charge in [-0.2, -0.15) is 5.10 Å². The maximum Gasteiger partial charge on any atom is 0.259 e. The normalized spacial score (nSPS) is 10.6. The number of amides is 1. The Hall–Kier alpha value is -2.62. The van der Waals surface area contributed by atoms with Crippen molar-refractivity contribution in [1.29, 1.82) is 0 Å². The molecular weight excluding hydrogens is 274 g/mol. The first kappa shape index (κ1) is 15.8. The van der Waals surface area contributed by atoms with Gasteiger partial charge in [-0.15, -0.1) is 0 Å². The Balaban J connectivity index is 1.78. The van der Waals surface area contributed by atoms with Crippen LogP contribution in [-0.4, -0.2) is 18.7 Å². The van der Waals surface area contributed by atoms with Crippen LogP contribution in [0.4, 0.5) is 5.69 Å². The summed E-state index contributed by atoms with van der Waals surface area (Å²) >= 11 is 0. The lowest BCUT2D eigenvalue weighted by atomic mass is 10.1. The number of anilines is 1. The lowest BCUT2D eigenvalue weighted by Gasteiger charge is -2.05. The standard InChI is InChI=1S/C18H21N3O/c1-3-15-7-9-16(10-8-15)12-20-21-18(22)13-19-17-6-4-5-14(2)11-17/h4-12,19H,3,13H2,1-2H3,(H,21,22). The quantitative estimate of drug-likeness (QED) is 0.635. The Morgan fingerprint density at radius 2 is 1.95 bits per heavy atom. The maximum absolute atomic E-state index is 11.7. The van der Waals surface area contributed by atoms with E-state index in [4.69, 9.17) is 0 Å². The van der Waals surface area contributed by atoms with Gasteiger partial charge < -0.3 is 5.32 Å². The van der Waals surface area contributed by atoms with Crippen LogP contribution in [0.25, 0.3) is 0 Å². The lowest BCUT2D eigenvalue weighted by molar-refractivity contribution is -0.119. The Labute approximate surface area is 131 Å². The molecule has 0 aliphatic carbocycles. The van der Waals surface area contributed by atoms with Gasteiger partial charge in [0.15, 0.2) is 0 Å². The minimum Gasteiger partial charge on any atom is -0.376 e. The van der Waals surface area contributed by atoms with Crippen molar-refractivity contribution in [3.05, 3.63) is 65.2 Å². The van der Waals surface area contributed by atoms with Crippen molar-refractivity contribution in [2.24, 2.45) is 5.10 Å². The SMILES string of the molecule is CCc1ccc(C=NNC(=O)CNc2cccc(C)c2)cc1. The summed E-state index contributed by atoms with van der Waals surface area (Å²) in [5.74, 6) is -0.178. The van der Waals surface area contributed by atoms with Crippen LogP contribution < -0.4 is 10.7 Å². The summed E-state index contributed by atoms with van der Waals surface area (Å²) in [6.45, 7) is 4.32. The molecule has 4 nitrogen and oxygen atoms in total. The first-order valence-corrected chi connectivity index (χ1v) is 7.39. The number of benzene rings is 2. The second kappa shape index (κ2) is 7.98. The van der Waals surface area contributed by atoms with Crippen molar-refractivity contribution in [2.75, 3.05) is 11.9 Å². The third-order valence-corrected chi connectivity index (χ3v) is 3.26. The molecule has 0 spiro atoms. The summed E-state index contributed by atoms with van der Waals surface area (Å²) in [6.07, 6.45) is 2.66. The third-order valence-electron chi connectivity index (χ3n) is 3.26. The van der Waals surface area contributed by atoms with E-state index in [0.717, 1.165) is 23.2 Å². The highest BCUT2D eigenvalue weighted by Crippen LogP contribution is 2.08. The smallest absolute Gasteiger partial charge is 0.259 e. The van der Waals surface area contributed by atoms with Gasteiger partial charge in [0.05, 0.1) is 12.8 Å². The Morgan fingerprint density at radius 1 is 1.18 bits per heavy atom. The van der Waals surface area contributed by atoms with Gasteiger partial charge in [-0.1, -0.05) is 43.3 Å². The Bertz CT molecular complexity index is 648. The molecule has 0 fully saturated rings. The maximum atomic E-state index is 11.7. The molecule has 0 aliphatic heterocycles. The summed E-state index contributed by atoms with van der Waals surface area (Å²) in [6, 6.07) is 16.0. The number of aryl methyl sites for hydroxylation is 2. The Morgan fingerprint density at radius 3 is 2.64 bits per heavy atom. The van der Waals surface area contributed by atoms with E-state index < -0.39 is 0 Å². The molecule has 0 heterocycles. The van der Waals surface area contributed by atoms with Gasteiger partial charge in [-0.3, -0.25) is 4.79 Å². The predicted octanol–water partition coefficient (Wildman–Crippen LogP) is 3.12. The fraction of sp³-hybridized carbons (Fsp3) is 0.222. The zero-order chi connectivity index (χ0) is 15.8. The first-order valence-electron chi connectivity index (χ1n) is 7.39. The molecule has 4 heteroatoms. The summed E-state index contributed by atoms with van der Waals surface area (Å²) in [4.78, 5) is 11.7. The highest BCUT2D eigenvalue weighted by atomic mass is 16.2. The number of carbonyl (C=O) groups excluding carboxylic acids is 1. The van der Waals surface area contributed by atoms with Crippen molar-refractivity contribution in [2.45, 2.75) is 20.3 Å². The van der Waals surface area contributed by atoms with Gasteiger partial charge in [0.25, 0.3) is 5.91 Å². The van der Waals surface area contributed by atoms with E-state index in [2.05, 4.69) is 34.9 Å². The molecule has 1 amide bonds. The highest BCUT2D eigenvalue weighted by Gasteiger charge is 1.99. The number of carbonyl (C=O) groups is 1. The molecule has 0 aromatic heterocycles. The van der Waals surface area contributed by atoms with Crippen molar-refractivity contribution in [3.8, 4) is 0 Å². The van der Waals surface area contributed by atoms with E-state index in [1.54, 1.807) is 6.21 Å². The van der Waals surface area contributed by atoms with Gasteiger partial charge >= 0.3 is 0 Å². The number of nitrogens with one attached hydrogen (secondary N) is 2. The summed E-state index contributed by atoms with van der Waals surface area (Å²) in [5, 5.41) is 7.03. The number of hydrogen-bond donors (Lipinski definition) is 2. The van der Waals surface area contributed by atoms with Gasteiger partial charge in [0.2, 0.25) is 0 Å². The van der Waals surface area contributed by atoms with Crippen LogP contribution in [0.1, 0.15) is 23.6 Å². The van der Waals surface area contributed by atoms with Crippen LogP contribution in [0.2, 0.25) is 0 Å². The molecule has 22 heavy (non-hydrogen) atoms. The molecule has 2 rings (SSSR count). The second-order valence-corrected chi connectivity index (χ2v) is 5.11. The van der Waals surface area contributed by atoms with Crippen LogP contribution in [0.15, 0.2) is 53.6 Å². The first-order chi connectivity index (χ1) is 10.7. The molecule has 0 unspecified atom stereocenters. The van der Waals surface area contributed by atoms with Crippen molar-refractivity contribution < 1.29 is 4.79 Å². The van der Waals surface area contributed by atoms with Crippen LogP contribution in [-0.2, 0) is 11.2 Å². The van der Waals surface area contributed by atoms with E-state index in [1.807, 2.05) is 43.3 Å². The van der Waals surface area contributed by atoms with Gasteiger partial charge in [-0.05, 0) is 42.2 Å². The van der Waals surface area contributed by atoms with E-state index in [0.29, 0.717) is 0 Å². The van der Waals surface area contributed by atoms with E-state index in [-0.39, 0.29) is 12.5 Å². The molecule has 0 radical (unpaired) electrons. The van der Waals surface area contributed by atoms with Crippen LogP contribution in [0.3, 0.4) is 0 Å². The minimum absolute atomic E-state index is 0.178. The molecule has 114 valence electrons. The van der Waals surface area contributed by atoms with Crippen LogP contribution >= 0.6 is 0 Å². The number of hydrogen-bond acceptors (Lipinski definition) is 3. The molecule has 2 aromatic carbocycles. The fourth-order valence-electron chi connectivity index (χ4n) is 2.00. The number of nitrogens with zero attached hydrogens (tertiary/aromatic N) is 1. The largest absolute Gasteiger partial charge is 0.376 e. The molecule has 0 bridgehead atoms. The van der Waals surface area contributed by atoms with E-state index in [9.17, 15) is 4.79 Å². The van der Waals surface area contributed by atoms with Gasteiger partial charge in [-0.25, -0.2) is 5.43 Å². The zero-order valence-electron chi connectivity index (χ0n) is 13.0. The average Bonchev–Trinajstić information content (AvgIpc) is 2.54. The average molecular weight is 295 g/mol. The summed E-state index contributed by atoms with van der Waals surface area (Å²) < 4.78 is 0. The molecule has 0 aliphatic rings. The van der Waals surface area contributed by atoms with E-state index in [1.165, 1.54) is 5.56 Å². The van der Waals surface area contributed by atoms with Crippen molar-refractivity contribution >= 4 is 17.8 Å². The van der Waals surface area contributed by atoms with Gasteiger partial charge in [0, 0.05) is 5.69 Å². The number of hydrazone groups is 1. The summed E-state index contributed by atoms with van der Waals surface area (Å²) in [5.41, 5.74) is 6.83. The molecular formula is C18H21N3O. The predicted molar refractivity (Wildman–Crippen MR) is 91.2 cm³/mol. The topological polar surface area (TPSA) is 53.5 Å². The lowest BCUT2D eigenvalue weighted by Crippen LogP contribution is -2.25. The molecule has 0 saturated carbocycles.